The smallest absolute Gasteiger partial charge is 0.243 e. The number of carbonyl (C=O) groups is 4. The van der Waals surface area contributed by atoms with Crippen molar-refractivity contribution in [1.29, 1.82) is 0 Å². The third-order valence-electron chi connectivity index (χ3n) is 5.89. The van der Waals surface area contributed by atoms with E-state index in [1.807, 2.05) is 34.7 Å². The number of hydrogen-bond donors (Lipinski definition) is 4. The molecule has 0 spiro atoms. The highest BCUT2D eigenvalue weighted by Crippen LogP contribution is 2.07. The zero-order valence-corrected chi connectivity index (χ0v) is 26.1. The molecule has 0 fully saturated rings. The van der Waals surface area contributed by atoms with Crippen molar-refractivity contribution in [3.05, 3.63) is 0 Å². The minimum absolute atomic E-state index is 0.0644. The molecule has 0 aromatic rings. The van der Waals surface area contributed by atoms with Gasteiger partial charge in [0.05, 0.1) is 6.04 Å². The van der Waals surface area contributed by atoms with Gasteiger partial charge in [-0.15, -0.1) is 0 Å². The lowest BCUT2D eigenvalue weighted by Gasteiger charge is -2.22. The molecule has 2 atom stereocenters. The molecule has 0 rings (SSSR count). The molecule has 4 N–H and O–H groups in total. The number of amides is 3. The van der Waals surface area contributed by atoms with Gasteiger partial charge in [-0.3, -0.25) is 19.2 Å². The topological polar surface area (TPSA) is 116 Å². The molecule has 8 nitrogen and oxygen atoms in total. The van der Waals surface area contributed by atoms with E-state index in [0.717, 1.165) is 64.3 Å². The van der Waals surface area contributed by atoms with Crippen molar-refractivity contribution in [2.45, 2.75) is 150 Å². The van der Waals surface area contributed by atoms with Crippen molar-refractivity contribution < 1.29 is 19.2 Å². The van der Waals surface area contributed by atoms with Gasteiger partial charge in [0.25, 0.3) is 0 Å². The summed E-state index contributed by atoms with van der Waals surface area (Å²) in [6.07, 6.45) is 11.0. The van der Waals surface area contributed by atoms with Crippen LogP contribution in [0.2, 0.25) is 0 Å². The predicted molar refractivity (Wildman–Crippen MR) is 160 cm³/mol. The molecule has 226 valence electrons. The second-order valence-corrected chi connectivity index (χ2v) is 9.15. The average Bonchev–Trinajstić information content (AvgIpc) is 2.91. The van der Waals surface area contributed by atoms with E-state index in [0.29, 0.717) is 38.6 Å². The molecule has 0 radical (unpaired) electrons. The Labute approximate surface area is 234 Å². The maximum Gasteiger partial charge on any atom is 0.243 e. The van der Waals surface area contributed by atoms with Gasteiger partial charge in [0, 0.05) is 19.4 Å². The van der Waals surface area contributed by atoms with Crippen molar-refractivity contribution in [2.24, 2.45) is 0 Å². The van der Waals surface area contributed by atoms with E-state index < -0.39 is 12.1 Å². The Hall–Kier alpha value is -1.96. The van der Waals surface area contributed by atoms with Gasteiger partial charge in [-0.2, -0.15) is 0 Å². The molecule has 0 saturated heterocycles. The Morgan fingerprint density at radius 3 is 1.61 bits per heavy atom. The molecule has 0 bridgehead atoms. The average molecular weight is 543 g/mol. The molecule has 0 aliphatic rings. The molecule has 8 heteroatoms. The van der Waals surface area contributed by atoms with Gasteiger partial charge in [-0.05, 0) is 71.9 Å². The van der Waals surface area contributed by atoms with Gasteiger partial charge in [0.1, 0.15) is 6.04 Å². The number of ketones is 1. The summed E-state index contributed by atoms with van der Waals surface area (Å²) < 4.78 is 0. The van der Waals surface area contributed by atoms with Crippen LogP contribution in [0, 0.1) is 0 Å². The molecule has 2 unspecified atom stereocenters. The van der Waals surface area contributed by atoms with Crippen LogP contribution in [0.1, 0.15) is 138 Å². The van der Waals surface area contributed by atoms with Crippen LogP contribution in [-0.4, -0.2) is 55.7 Å². The van der Waals surface area contributed by atoms with E-state index in [1.54, 1.807) is 0 Å². The number of unbranched alkanes of at least 4 members (excludes halogenated alkanes) is 6. The Bertz CT molecular complexity index is 585. The summed E-state index contributed by atoms with van der Waals surface area (Å²) in [6, 6.07) is -1.21. The molecule has 0 heterocycles. The number of rotatable bonds is 22. The maximum atomic E-state index is 13.0. The van der Waals surface area contributed by atoms with Crippen LogP contribution in [0.4, 0.5) is 0 Å². The standard InChI is InChI=1S/C26H50N4O4.2C2H6/c1-5-7-9-17-24(32)28-20-14-12-16-23(29-25(33)18-10-8-6-2)26(34)30-22(21(3)31)15-11-13-19-27-4;2*1-2/h22-23,27H,5-20H2,1-4H3,(H,28,32)(H,29,33)(H,30,34);2*1-2H3. The highest BCUT2D eigenvalue weighted by Gasteiger charge is 2.24. The zero-order chi connectivity index (χ0) is 29.6. The molecule has 0 aromatic carbocycles. The zero-order valence-electron chi connectivity index (χ0n) is 26.1. The molecule has 0 aromatic heterocycles. The molecule has 3 amide bonds. The first kappa shape index (κ1) is 40.5. The summed E-state index contributed by atoms with van der Waals surface area (Å²) >= 11 is 0. The Balaban J connectivity index is -0.00000291. The number of Topliss-reactive ketones (excluding diaryl/α,β-unsaturated/α-hetero) is 1. The SMILES string of the molecule is CC.CC.CCCCCC(=O)NCCCCC(NC(=O)CCCCC)C(=O)NC(CCCCNC)C(C)=O. The normalized spacial score (nSPS) is 11.6. The van der Waals surface area contributed by atoms with E-state index >= 15 is 0 Å². The summed E-state index contributed by atoms with van der Waals surface area (Å²) in [5, 5.41) is 11.7. The fraction of sp³-hybridized carbons (Fsp3) is 0.867. The minimum Gasteiger partial charge on any atom is -0.356 e. The fourth-order valence-electron chi connectivity index (χ4n) is 3.70. The quantitative estimate of drug-likeness (QED) is 0.136. The van der Waals surface area contributed by atoms with Crippen LogP contribution in [0.15, 0.2) is 0 Å². The number of nitrogens with one attached hydrogen (secondary N) is 4. The van der Waals surface area contributed by atoms with Crippen molar-refractivity contribution in [3.63, 3.8) is 0 Å². The lowest BCUT2D eigenvalue weighted by molar-refractivity contribution is -0.131. The maximum absolute atomic E-state index is 13.0. The first-order chi connectivity index (χ1) is 18.3. The van der Waals surface area contributed by atoms with E-state index in [9.17, 15) is 19.2 Å². The molecular weight excluding hydrogens is 480 g/mol. The summed E-state index contributed by atoms with van der Waals surface area (Å²) in [5.74, 6) is -0.446. The second kappa shape index (κ2) is 31.3. The first-order valence-electron chi connectivity index (χ1n) is 15.4. The molecule has 0 aliphatic carbocycles. The molecule has 0 aliphatic heterocycles. The highest BCUT2D eigenvalue weighted by molar-refractivity contribution is 5.92. The van der Waals surface area contributed by atoms with Crippen LogP contribution in [0.3, 0.4) is 0 Å². The van der Waals surface area contributed by atoms with Crippen molar-refractivity contribution >= 4 is 23.5 Å². The fourth-order valence-corrected chi connectivity index (χ4v) is 3.70. The second-order valence-electron chi connectivity index (χ2n) is 9.15. The van der Waals surface area contributed by atoms with Gasteiger partial charge in [-0.25, -0.2) is 0 Å². The molecule has 38 heavy (non-hydrogen) atoms. The van der Waals surface area contributed by atoms with Crippen LogP contribution < -0.4 is 21.3 Å². The van der Waals surface area contributed by atoms with Gasteiger partial charge in [-0.1, -0.05) is 67.2 Å². The van der Waals surface area contributed by atoms with Crippen LogP contribution in [-0.2, 0) is 19.2 Å². The first-order valence-corrected chi connectivity index (χ1v) is 15.4. The third-order valence-corrected chi connectivity index (χ3v) is 5.89. The van der Waals surface area contributed by atoms with E-state index in [2.05, 4.69) is 35.1 Å². The number of carbonyl (C=O) groups excluding carboxylic acids is 4. The Kier molecular flexibility index (Phi) is 33.3. The van der Waals surface area contributed by atoms with Gasteiger partial charge in [0.15, 0.2) is 5.78 Å². The lowest BCUT2D eigenvalue weighted by Crippen LogP contribution is -2.51. The lowest BCUT2D eigenvalue weighted by atomic mass is 10.0. The predicted octanol–water partition coefficient (Wildman–Crippen LogP) is 5.43. The monoisotopic (exact) mass is 542 g/mol. The largest absolute Gasteiger partial charge is 0.356 e. The van der Waals surface area contributed by atoms with Gasteiger partial charge < -0.3 is 21.3 Å². The van der Waals surface area contributed by atoms with Crippen molar-refractivity contribution in [1.82, 2.24) is 21.3 Å². The van der Waals surface area contributed by atoms with Crippen LogP contribution >= 0.6 is 0 Å². The van der Waals surface area contributed by atoms with E-state index in [4.69, 9.17) is 0 Å². The third kappa shape index (κ3) is 25.7. The van der Waals surface area contributed by atoms with Gasteiger partial charge >= 0.3 is 0 Å². The summed E-state index contributed by atoms with van der Waals surface area (Å²) in [6.45, 7) is 15.1. The van der Waals surface area contributed by atoms with Crippen LogP contribution in [0.5, 0.6) is 0 Å². The van der Waals surface area contributed by atoms with Crippen molar-refractivity contribution in [2.75, 3.05) is 20.1 Å². The van der Waals surface area contributed by atoms with Gasteiger partial charge in [0.2, 0.25) is 17.7 Å². The summed E-state index contributed by atoms with van der Waals surface area (Å²) in [4.78, 5) is 49.2. The van der Waals surface area contributed by atoms with E-state index in [1.165, 1.54) is 6.92 Å². The number of hydrogen-bond acceptors (Lipinski definition) is 5. The van der Waals surface area contributed by atoms with Crippen LogP contribution in [0.25, 0.3) is 0 Å². The highest BCUT2D eigenvalue weighted by atomic mass is 16.2. The summed E-state index contributed by atoms with van der Waals surface area (Å²) in [5.41, 5.74) is 0. The van der Waals surface area contributed by atoms with Crippen molar-refractivity contribution in [3.8, 4) is 0 Å². The minimum atomic E-state index is -0.673. The Morgan fingerprint density at radius 2 is 1.11 bits per heavy atom. The van der Waals surface area contributed by atoms with E-state index in [-0.39, 0.29) is 23.5 Å². The Morgan fingerprint density at radius 1 is 0.605 bits per heavy atom. The molecular formula is C30H62N4O4. The molecule has 0 saturated carbocycles. The summed E-state index contributed by atoms with van der Waals surface area (Å²) in [7, 11) is 1.88.